The summed E-state index contributed by atoms with van der Waals surface area (Å²) in [7, 11) is 0. The van der Waals surface area contributed by atoms with Gasteiger partial charge in [-0.25, -0.2) is 0 Å². The topological polar surface area (TPSA) is 78.4 Å². The zero-order valence-corrected chi connectivity index (χ0v) is 25.3. The molecule has 0 aliphatic carbocycles. The Morgan fingerprint density at radius 2 is 0.846 bits per heavy atom. The molecule has 0 atom stereocenters. The number of carbonyl (C=O) groups is 2. The van der Waals surface area contributed by atoms with E-state index < -0.39 is 11.8 Å². The second-order valence-corrected chi connectivity index (χ2v) is 11.4. The van der Waals surface area contributed by atoms with Crippen LogP contribution in [0.2, 0.25) is 0 Å². The van der Waals surface area contributed by atoms with Crippen LogP contribution in [0.4, 0.5) is 0 Å². The Bertz CT molecular complexity index is 705. The highest BCUT2D eigenvalue weighted by Crippen LogP contribution is 2.15. The monoisotopic (exact) mass is 544 g/mol. The van der Waals surface area contributed by atoms with Gasteiger partial charge in [0.05, 0.1) is 0 Å². The highest BCUT2D eigenvalue weighted by atomic mass is 16.3. The lowest BCUT2D eigenvalue weighted by Gasteiger charge is -2.07. The molecule has 0 saturated carbocycles. The smallest absolute Gasteiger partial charge is 0.309 e. The zero-order chi connectivity index (χ0) is 28.2. The van der Waals surface area contributed by atoms with Gasteiger partial charge in [0.25, 0.3) is 0 Å². The molecule has 224 valence electrons. The lowest BCUT2D eigenvalue weighted by Crippen LogP contribution is -2.39. The summed E-state index contributed by atoms with van der Waals surface area (Å²) in [5, 5.41) is 14.6. The number of amides is 2. The van der Waals surface area contributed by atoms with Gasteiger partial charge in [-0.15, -0.1) is 0 Å². The third kappa shape index (κ3) is 22.5. The van der Waals surface area contributed by atoms with Crippen molar-refractivity contribution in [1.29, 1.82) is 0 Å². The van der Waals surface area contributed by atoms with Crippen LogP contribution in [-0.4, -0.2) is 23.5 Å². The molecule has 39 heavy (non-hydrogen) atoms. The number of hydrogen-bond donors (Lipinski definition) is 3. The van der Waals surface area contributed by atoms with E-state index in [1.807, 2.05) is 0 Å². The molecule has 5 nitrogen and oxygen atoms in total. The highest BCUT2D eigenvalue weighted by molar-refractivity contribution is 6.35. The minimum atomic E-state index is -0.614. The summed E-state index contributed by atoms with van der Waals surface area (Å²) in [4.78, 5) is 23.8. The normalized spacial score (nSPS) is 11.0. The molecule has 5 heteroatoms. The summed E-state index contributed by atoms with van der Waals surface area (Å²) in [6, 6.07) is 6.55. The van der Waals surface area contributed by atoms with Gasteiger partial charge in [-0.3, -0.25) is 9.59 Å². The molecule has 1 aromatic carbocycles. The molecule has 1 aromatic rings. The van der Waals surface area contributed by atoms with Gasteiger partial charge in [0, 0.05) is 13.1 Å². The summed E-state index contributed by atoms with van der Waals surface area (Å²) >= 11 is 0. The maximum absolute atomic E-state index is 11.9. The first-order valence-corrected chi connectivity index (χ1v) is 16.5. The van der Waals surface area contributed by atoms with Crippen LogP contribution in [0.15, 0.2) is 24.3 Å². The van der Waals surface area contributed by atoms with E-state index in [-0.39, 0.29) is 12.3 Å². The van der Waals surface area contributed by atoms with Gasteiger partial charge in [0.15, 0.2) is 0 Å². The van der Waals surface area contributed by atoms with Gasteiger partial charge in [-0.2, -0.15) is 0 Å². The molecular formula is C34H60N2O3. The zero-order valence-electron chi connectivity index (χ0n) is 25.3. The molecule has 0 radical (unpaired) electrons. The van der Waals surface area contributed by atoms with Crippen molar-refractivity contribution in [2.75, 3.05) is 6.54 Å². The number of phenolic OH excluding ortho intramolecular Hbond substituents is 1. The second kappa shape index (κ2) is 26.2. The molecular weight excluding hydrogens is 484 g/mol. The molecule has 0 unspecified atom stereocenters. The molecule has 0 saturated heterocycles. The van der Waals surface area contributed by atoms with Crippen LogP contribution >= 0.6 is 0 Å². The summed E-state index contributed by atoms with van der Waals surface area (Å²) in [5.41, 5.74) is 0.837. The van der Waals surface area contributed by atoms with Gasteiger partial charge in [-0.05, 0) is 24.1 Å². The lowest BCUT2D eigenvalue weighted by atomic mass is 10.0. The Kier molecular flexibility index (Phi) is 23.5. The van der Waals surface area contributed by atoms with E-state index in [9.17, 15) is 14.7 Å². The number of aromatic hydroxyl groups is 1. The minimum absolute atomic E-state index is 0.179. The molecule has 3 N–H and O–H groups in total. The Morgan fingerprint density at radius 1 is 0.513 bits per heavy atom. The van der Waals surface area contributed by atoms with Crippen molar-refractivity contribution in [3.8, 4) is 5.75 Å². The minimum Gasteiger partial charge on any atom is -0.508 e. The van der Waals surface area contributed by atoms with Crippen LogP contribution in [0.3, 0.4) is 0 Å². The molecule has 0 fully saturated rings. The fourth-order valence-corrected chi connectivity index (χ4v) is 5.07. The molecule has 0 aliphatic heterocycles. The van der Waals surface area contributed by atoms with Crippen LogP contribution in [0, 0.1) is 0 Å². The summed E-state index contributed by atoms with van der Waals surface area (Å²) in [6.07, 6.45) is 31.4. The maximum Gasteiger partial charge on any atom is 0.309 e. The van der Waals surface area contributed by atoms with Crippen LogP contribution in [0.1, 0.15) is 160 Å². The van der Waals surface area contributed by atoms with Crippen molar-refractivity contribution in [3.05, 3.63) is 29.8 Å². The van der Waals surface area contributed by atoms with Crippen molar-refractivity contribution in [2.45, 2.75) is 161 Å². The van der Waals surface area contributed by atoms with Gasteiger partial charge in [0.2, 0.25) is 0 Å². The number of nitrogens with one attached hydrogen (secondary N) is 2. The largest absolute Gasteiger partial charge is 0.508 e. The number of rotatable bonds is 26. The van der Waals surface area contributed by atoms with Gasteiger partial charge < -0.3 is 15.7 Å². The first-order chi connectivity index (χ1) is 19.1. The van der Waals surface area contributed by atoms with Crippen LogP contribution in [-0.2, 0) is 16.1 Å². The van der Waals surface area contributed by atoms with E-state index in [4.69, 9.17) is 0 Å². The summed E-state index contributed by atoms with van der Waals surface area (Å²) < 4.78 is 0. The van der Waals surface area contributed by atoms with Crippen molar-refractivity contribution in [3.63, 3.8) is 0 Å². The predicted molar refractivity (Wildman–Crippen MR) is 165 cm³/mol. The van der Waals surface area contributed by atoms with Gasteiger partial charge in [0.1, 0.15) is 5.75 Å². The fourth-order valence-electron chi connectivity index (χ4n) is 5.07. The average molecular weight is 545 g/mol. The third-order valence-electron chi connectivity index (χ3n) is 7.66. The molecule has 1 rings (SSSR count). The van der Waals surface area contributed by atoms with Gasteiger partial charge in [-0.1, -0.05) is 160 Å². The molecule has 0 spiro atoms. The Morgan fingerprint density at radius 3 is 1.23 bits per heavy atom. The Labute approximate surface area is 240 Å². The van der Waals surface area contributed by atoms with Crippen LogP contribution < -0.4 is 10.6 Å². The van der Waals surface area contributed by atoms with E-state index in [1.165, 1.54) is 135 Å². The average Bonchev–Trinajstić information content (AvgIpc) is 2.94. The van der Waals surface area contributed by atoms with Gasteiger partial charge >= 0.3 is 11.8 Å². The van der Waals surface area contributed by atoms with Crippen molar-refractivity contribution < 1.29 is 14.7 Å². The van der Waals surface area contributed by atoms with Crippen molar-refractivity contribution in [2.24, 2.45) is 0 Å². The molecule has 0 bridgehead atoms. The summed E-state index contributed by atoms with van der Waals surface area (Å²) in [6.45, 7) is 3.10. The summed E-state index contributed by atoms with van der Waals surface area (Å²) in [5.74, 6) is -1.01. The maximum atomic E-state index is 11.9. The quantitative estimate of drug-likeness (QED) is 0.0803. The number of carbonyl (C=O) groups excluding carboxylic acids is 2. The third-order valence-corrected chi connectivity index (χ3v) is 7.66. The predicted octanol–water partition coefficient (Wildman–Crippen LogP) is 9.12. The highest BCUT2D eigenvalue weighted by Gasteiger charge is 2.12. The standard InChI is InChI=1S/C34H60N2O3/c1-2-3-4-5-6-7-8-9-10-11-12-13-14-15-16-17-18-19-20-21-22-23-24-29-35-33(38)34(39)36-30-31-25-27-32(37)28-26-31/h25-28,37H,2-24,29-30H2,1H3,(H,35,38)(H,36,39). The lowest BCUT2D eigenvalue weighted by molar-refractivity contribution is -0.139. The molecule has 0 aromatic heterocycles. The molecule has 2 amide bonds. The molecule has 0 heterocycles. The number of hydrogen-bond acceptors (Lipinski definition) is 3. The fraction of sp³-hybridized carbons (Fsp3) is 0.765. The SMILES string of the molecule is CCCCCCCCCCCCCCCCCCCCCCCCCNC(=O)C(=O)NCc1ccc(O)cc1. The number of benzene rings is 1. The second-order valence-electron chi connectivity index (χ2n) is 11.4. The Balaban J connectivity index is 1.75. The first kappa shape index (κ1) is 35.0. The van der Waals surface area contributed by atoms with E-state index >= 15 is 0 Å². The Hall–Kier alpha value is -2.04. The van der Waals surface area contributed by atoms with E-state index in [1.54, 1.807) is 24.3 Å². The van der Waals surface area contributed by atoms with E-state index in [0.29, 0.717) is 6.54 Å². The first-order valence-electron chi connectivity index (χ1n) is 16.5. The van der Waals surface area contributed by atoms with Crippen LogP contribution in [0.25, 0.3) is 0 Å². The number of unbranched alkanes of at least 4 members (excludes halogenated alkanes) is 22. The molecule has 0 aliphatic rings. The van der Waals surface area contributed by atoms with E-state index in [2.05, 4.69) is 17.6 Å². The van der Waals surface area contributed by atoms with Crippen LogP contribution in [0.5, 0.6) is 5.75 Å². The number of phenols is 1. The van der Waals surface area contributed by atoms with Crippen molar-refractivity contribution >= 4 is 11.8 Å². The van der Waals surface area contributed by atoms with Crippen molar-refractivity contribution in [1.82, 2.24) is 10.6 Å². The van der Waals surface area contributed by atoms with E-state index in [0.717, 1.165) is 18.4 Å².